The fourth-order valence-corrected chi connectivity index (χ4v) is 1.59. The molecular formula is C12H26N2O2. The van der Waals surface area contributed by atoms with Crippen LogP contribution in [0.15, 0.2) is 0 Å². The van der Waals surface area contributed by atoms with Crippen LogP contribution in [0, 0.1) is 0 Å². The van der Waals surface area contributed by atoms with Crippen molar-refractivity contribution in [3.8, 4) is 0 Å². The average Bonchev–Trinajstić information content (AvgIpc) is 2.23. The smallest absolute Gasteiger partial charge is 0.221 e. The second-order valence-corrected chi connectivity index (χ2v) is 4.15. The highest BCUT2D eigenvalue weighted by molar-refractivity contribution is 5.76. The SMILES string of the molecule is CCNC(C)CC(=O)NCCCCCCO. The van der Waals surface area contributed by atoms with Crippen LogP contribution in [0.2, 0.25) is 0 Å². The maximum Gasteiger partial charge on any atom is 0.221 e. The molecule has 0 aromatic carbocycles. The maximum atomic E-state index is 11.4. The molecule has 0 spiro atoms. The molecule has 0 saturated carbocycles. The molecule has 0 heterocycles. The Morgan fingerprint density at radius 1 is 1.25 bits per heavy atom. The van der Waals surface area contributed by atoms with E-state index < -0.39 is 0 Å². The van der Waals surface area contributed by atoms with Crippen molar-refractivity contribution in [2.45, 2.75) is 52.0 Å². The van der Waals surface area contributed by atoms with Gasteiger partial charge in [-0.2, -0.15) is 0 Å². The second-order valence-electron chi connectivity index (χ2n) is 4.15. The zero-order valence-corrected chi connectivity index (χ0v) is 10.6. The lowest BCUT2D eigenvalue weighted by Gasteiger charge is -2.11. The third-order valence-electron chi connectivity index (χ3n) is 2.45. The summed E-state index contributed by atoms with van der Waals surface area (Å²) in [6.07, 6.45) is 4.53. The summed E-state index contributed by atoms with van der Waals surface area (Å²) in [6.45, 7) is 5.98. The largest absolute Gasteiger partial charge is 0.396 e. The van der Waals surface area contributed by atoms with E-state index in [9.17, 15) is 4.79 Å². The van der Waals surface area contributed by atoms with Crippen LogP contribution in [0.3, 0.4) is 0 Å². The zero-order chi connectivity index (χ0) is 12.2. The molecule has 16 heavy (non-hydrogen) atoms. The molecule has 0 aromatic heterocycles. The summed E-state index contributed by atoms with van der Waals surface area (Å²) in [4.78, 5) is 11.4. The molecule has 4 nitrogen and oxygen atoms in total. The number of unbranched alkanes of at least 4 members (excludes halogenated alkanes) is 3. The first kappa shape index (κ1) is 15.4. The molecule has 0 fully saturated rings. The Morgan fingerprint density at radius 2 is 1.94 bits per heavy atom. The lowest BCUT2D eigenvalue weighted by Crippen LogP contribution is -2.34. The van der Waals surface area contributed by atoms with Gasteiger partial charge in [-0.15, -0.1) is 0 Å². The number of nitrogens with one attached hydrogen (secondary N) is 2. The van der Waals surface area contributed by atoms with Crippen LogP contribution in [0.5, 0.6) is 0 Å². The average molecular weight is 230 g/mol. The van der Waals surface area contributed by atoms with Gasteiger partial charge in [0.25, 0.3) is 0 Å². The van der Waals surface area contributed by atoms with E-state index in [0.29, 0.717) is 6.42 Å². The van der Waals surface area contributed by atoms with Crippen LogP contribution in [0.4, 0.5) is 0 Å². The highest BCUT2D eigenvalue weighted by atomic mass is 16.2. The van der Waals surface area contributed by atoms with Crippen LogP contribution < -0.4 is 10.6 Å². The molecule has 0 saturated heterocycles. The molecule has 4 heteroatoms. The van der Waals surface area contributed by atoms with Gasteiger partial charge in [0.1, 0.15) is 0 Å². The van der Waals surface area contributed by atoms with Crippen LogP contribution in [0.1, 0.15) is 46.0 Å². The van der Waals surface area contributed by atoms with Crippen molar-refractivity contribution < 1.29 is 9.90 Å². The van der Waals surface area contributed by atoms with Gasteiger partial charge in [-0.1, -0.05) is 19.8 Å². The van der Waals surface area contributed by atoms with E-state index in [4.69, 9.17) is 5.11 Å². The predicted octanol–water partition coefficient (Wildman–Crippen LogP) is 1.04. The topological polar surface area (TPSA) is 61.4 Å². The minimum absolute atomic E-state index is 0.121. The van der Waals surface area contributed by atoms with Gasteiger partial charge in [-0.3, -0.25) is 4.79 Å². The van der Waals surface area contributed by atoms with Crippen LogP contribution in [0.25, 0.3) is 0 Å². The summed E-state index contributed by atoms with van der Waals surface area (Å²) in [7, 11) is 0. The van der Waals surface area contributed by atoms with Crippen molar-refractivity contribution >= 4 is 5.91 Å². The van der Waals surface area contributed by atoms with Gasteiger partial charge in [-0.25, -0.2) is 0 Å². The van der Waals surface area contributed by atoms with E-state index in [1.807, 2.05) is 13.8 Å². The number of carbonyl (C=O) groups is 1. The molecule has 0 aromatic rings. The molecule has 0 aliphatic carbocycles. The zero-order valence-electron chi connectivity index (χ0n) is 10.6. The van der Waals surface area contributed by atoms with Gasteiger partial charge in [0, 0.05) is 25.6 Å². The molecule has 0 bridgehead atoms. The first-order valence-electron chi connectivity index (χ1n) is 6.31. The number of amides is 1. The number of hydrogen-bond donors (Lipinski definition) is 3. The molecule has 1 unspecified atom stereocenters. The maximum absolute atomic E-state index is 11.4. The molecule has 1 amide bonds. The summed E-state index contributed by atoms with van der Waals surface area (Å²) in [6, 6.07) is 0.249. The number of rotatable bonds is 10. The highest BCUT2D eigenvalue weighted by Crippen LogP contribution is 1.98. The van der Waals surface area contributed by atoms with Crippen molar-refractivity contribution in [2.75, 3.05) is 19.7 Å². The van der Waals surface area contributed by atoms with E-state index in [2.05, 4.69) is 10.6 Å². The number of aliphatic hydroxyl groups excluding tert-OH is 1. The molecule has 0 rings (SSSR count). The van der Waals surface area contributed by atoms with Crippen LogP contribution >= 0.6 is 0 Å². The fraction of sp³-hybridized carbons (Fsp3) is 0.917. The Balaban J connectivity index is 3.30. The summed E-state index contributed by atoms with van der Waals surface area (Å²) < 4.78 is 0. The standard InChI is InChI=1S/C12H26N2O2/c1-3-13-11(2)10-12(16)14-8-6-4-5-7-9-15/h11,13,15H,3-10H2,1-2H3,(H,14,16). The summed E-state index contributed by atoms with van der Waals surface area (Å²) in [5.74, 6) is 0.121. The monoisotopic (exact) mass is 230 g/mol. The Morgan fingerprint density at radius 3 is 2.56 bits per heavy atom. The second kappa shape index (κ2) is 10.9. The lowest BCUT2D eigenvalue weighted by molar-refractivity contribution is -0.121. The van der Waals surface area contributed by atoms with E-state index in [0.717, 1.165) is 38.8 Å². The van der Waals surface area contributed by atoms with Crippen molar-refractivity contribution in [2.24, 2.45) is 0 Å². The molecule has 0 aliphatic rings. The summed E-state index contributed by atoms with van der Waals surface area (Å²) in [5, 5.41) is 14.7. The molecule has 3 N–H and O–H groups in total. The van der Waals surface area contributed by atoms with Gasteiger partial charge in [0.15, 0.2) is 0 Å². The quantitative estimate of drug-likeness (QED) is 0.491. The van der Waals surface area contributed by atoms with Gasteiger partial charge < -0.3 is 15.7 Å². The van der Waals surface area contributed by atoms with Crippen molar-refractivity contribution in [3.05, 3.63) is 0 Å². The molecular weight excluding hydrogens is 204 g/mol. The third kappa shape index (κ3) is 9.93. The van der Waals surface area contributed by atoms with Gasteiger partial charge >= 0.3 is 0 Å². The third-order valence-corrected chi connectivity index (χ3v) is 2.45. The normalized spacial score (nSPS) is 12.4. The number of hydrogen-bond acceptors (Lipinski definition) is 3. The number of carbonyl (C=O) groups excluding carboxylic acids is 1. The first-order valence-corrected chi connectivity index (χ1v) is 6.31. The Hall–Kier alpha value is -0.610. The first-order chi connectivity index (χ1) is 7.70. The van der Waals surface area contributed by atoms with E-state index in [1.54, 1.807) is 0 Å². The van der Waals surface area contributed by atoms with Gasteiger partial charge in [-0.05, 0) is 26.3 Å². The Bertz CT molecular complexity index is 174. The van der Waals surface area contributed by atoms with E-state index in [-0.39, 0.29) is 18.6 Å². The van der Waals surface area contributed by atoms with Crippen molar-refractivity contribution in [1.29, 1.82) is 0 Å². The van der Waals surface area contributed by atoms with Crippen molar-refractivity contribution in [3.63, 3.8) is 0 Å². The Labute approximate surface area is 98.8 Å². The predicted molar refractivity (Wildman–Crippen MR) is 66.3 cm³/mol. The molecule has 0 radical (unpaired) electrons. The minimum atomic E-state index is 0.121. The fourth-order valence-electron chi connectivity index (χ4n) is 1.59. The van der Waals surface area contributed by atoms with E-state index >= 15 is 0 Å². The van der Waals surface area contributed by atoms with Gasteiger partial charge in [0.05, 0.1) is 0 Å². The van der Waals surface area contributed by atoms with Crippen LogP contribution in [-0.2, 0) is 4.79 Å². The molecule has 1 atom stereocenters. The van der Waals surface area contributed by atoms with Crippen LogP contribution in [-0.4, -0.2) is 36.8 Å². The number of aliphatic hydroxyl groups is 1. The van der Waals surface area contributed by atoms with Crippen molar-refractivity contribution in [1.82, 2.24) is 10.6 Å². The molecule has 96 valence electrons. The minimum Gasteiger partial charge on any atom is -0.396 e. The van der Waals surface area contributed by atoms with Gasteiger partial charge in [0.2, 0.25) is 5.91 Å². The molecule has 0 aliphatic heterocycles. The lowest BCUT2D eigenvalue weighted by atomic mass is 10.2. The highest BCUT2D eigenvalue weighted by Gasteiger charge is 2.06. The summed E-state index contributed by atoms with van der Waals surface area (Å²) in [5.41, 5.74) is 0. The van der Waals surface area contributed by atoms with E-state index in [1.165, 1.54) is 0 Å². The Kier molecular flexibility index (Phi) is 10.5. The summed E-state index contributed by atoms with van der Waals surface area (Å²) >= 11 is 0.